The van der Waals surface area contributed by atoms with E-state index in [1.54, 1.807) is 11.3 Å². The molecule has 17 heavy (non-hydrogen) atoms. The van der Waals surface area contributed by atoms with Crippen LogP contribution in [-0.2, 0) is 6.42 Å². The third-order valence-electron chi connectivity index (χ3n) is 2.58. The molecule has 3 nitrogen and oxygen atoms in total. The standard InChI is InChI=1S/C13H17N3S/c1-9-3-4-12(10(2)7-9)16-13-15-11(5-6-14)8-17-13/h3-4,7-8H,5-6,14H2,1-2H3,(H,15,16). The number of thiazole rings is 1. The van der Waals surface area contributed by atoms with Crippen LogP contribution in [0.4, 0.5) is 10.8 Å². The van der Waals surface area contributed by atoms with Crippen LogP contribution >= 0.6 is 11.3 Å². The number of aromatic nitrogens is 1. The highest BCUT2D eigenvalue weighted by molar-refractivity contribution is 7.13. The molecule has 0 aliphatic heterocycles. The molecular weight excluding hydrogens is 230 g/mol. The van der Waals surface area contributed by atoms with Gasteiger partial charge < -0.3 is 11.1 Å². The Balaban J connectivity index is 2.13. The Morgan fingerprint density at radius 2 is 2.18 bits per heavy atom. The highest BCUT2D eigenvalue weighted by atomic mass is 32.1. The zero-order chi connectivity index (χ0) is 12.3. The minimum Gasteiger partial charge on any atom is -0.331 e. The van der Waals surface area contributed by atoms with Crippen molar-refractivity contribution in [2.75, 3.05) is 11.9 Å². The van der Waals surface area contributed by atoms with Crippen molar-refractivity contribution in [3.63, 3.8) is 0 Å². The predicted octanol–water partition coefficient (Wildman–Crippen LogP) is 3.00. The molecule has 0 aliphatic carbocycles. The van der Waals surface area contributed by atoms with Gasteiger partial charge in [0.05, 0.1) is 5.69 Å². The maximum absolute atomic E-state index is 5.51. The second-order valence-corrected chi connectivity index (χ2v) is 4.98. The molecule has 0 spiro atoms. The summed E-state index contributed by atoms with van der Waals surface area (Å²) in [4.78, 5) is 4.49. The maximum atomic E-state index is 5.51. The average Bonchev–Trinajstić information content (AvgIpc) is 2.71. The SMILES string of the molecule is Cc1ccc(Nc2nc(CCN)cs2)c(C)c1. The Morgan fingerprint density at radius 1 is 1.35 bits per heavy atom. The first kappa shape index (κ1) is 12.1. The number of aryl methyl sites for hydroxylation is 2. The molecule has 0 saturated heterocycles. The monoisotopic (exact) mass is 247 g/mol. The van der Waals surface area contributed by atoms with Gasteiger partial charge in [-0.25, -0.2) is 4.98 Å². The fourth-order valence-electron chi connectivity index (χ4n) is 1.70. The number of nitrogens with one attached hydrogen (secondary N) is 1. The van der Waals surface area contributed by atoms with E-state index in [0.29, 0.717) is 6.54 Å². The molecule has 0 saturated carbocycles. The summed E-state index contributed by atoms with van der Waals surface area (Å²) in [5.41, 5.74) is 10.2. The summed E-state index contributed by atoms with van der Waals surface area (Å²) in [6.45, 7) is 4.84. The lowest BCUT2D eigenvalue weighted by molar-refractivity contribution is 0.936. The molecule has 3 N–H and O–H groups in total. The number of rotatable bonds is 4. The van der Waals surface area contributed by atoms with E-state index in [9.17, 15) is 0 Å². The summed E-state index contributed by atoms with van der Waals surface area (Å²) in [6, 6.07) is 6.36. The summed E-state index contributed by atoms with van der Waals surface area (Å²) in [6.07, 6.45) is 0.838. The van der Waals surface area contributed by atoms with Crippen LogP contribution in [0, 0.1) is 13.8 Å². The number of hydrogen-bond donors (Lipinski definition) is 2. The number of nitrogens with zero attached hydrogens (tertiary/aromatic N) is 1. The van der Waals surface area contributed by atoms with Crippen molar-refractivity contribution in [1.29, 1.82) is 0 Å². The normalized spacial score (nSPS) is 10.5. The minimum atomic E-state index is 0.646. The van der Waals surface area contributed by atoms with Crippen molar-refractivity contribution < 1.29 is 0 Å². The van der Waals surface area contributed by atoms with E-state index in [1.807, 2.05) is 0 Å². The number of anilines is 2. The summed E-state index contributed by atoms with van der Waals surface area (Å²) in [5, 5.41) is 6.33. The largest absolute Gasteiger partial charge is 0.331 e. The van der Waals surface area contributed by atoms with Gasteiger partial charge in [0, 0.05) is 17.5 Å². The lowest BCUT2D eigenvalue weighted by atomic mass is 10.1. The van der Waals surface area contributed by atoms with Crippen LogP contribution in [0.3, 0.4) is 0 Å². The van der Waals surface area contributed by atoms with Gasteiger partial charge in [-0.1, -0.05) is 17.7 Å². The number of hydrogen-bond acceptors (Lipinski definition) is 4. The van der Waals surface area contributed by atoms with Crippen molar-refractivity contribution in [2.45, 2.75) is 20.3 Å². The molecule has 0 amide bonds. The molecular formula is C13H17N3S. The number of nitrogens with two attached hydrogens (primary N) is 1. The summed E-state index contributed by atoms with van der Waals surface area (Å²) >= 11 is 1.62. The van der Waals surface area contributed by atoms with Crippen LogP contribution < -0.4 is 11.1 Å². The molecule has 0 atom stereocenters. The van der Waals surface area contributed by atoms with E-state index in [2.05, 4.69) is 47.7 Å². The third-order valence-corrected chi connectivity index (χ3v) is 3.38. The lowest BCUT2D eigenvalue weighted by Crippen LogP contribution is -2.03. The van der Waals surface area contributed by atoms with Crippen LogP contribution in [0.5, 0.6) is 0 Å². The van der Waals surface area contributed by atoms with E-state index in [4.69, 9.17) is 5.73 Å². The summed E-state index contributed by atoms with van der Waals surface area (Å²) in [5.74, 6) is 0. The molecule has 0 unspecified atom stereocenters. The molecule has 90 valence electrons. The van der Waals surface area contributed by atoms with Crippen molar-refractivity contribution in [1.82, 2.24) is 4.98 Å². The van der Waals surface area contributed by atoms with E-state index >= 15 is 0 Å². The lowest BCUT2D eigenvalue weighted by Gasteiger charge is -2.07. The molecule has 0 aliphatic rings. The van der Waals surface area contributed by atoms with Gasteiger partial charge in [-0.2, -0.15) is 0 Å². The molecule has 0 bridgehead atoms. The second-order valence-electron chi connectivity index (χ2n) is 4.13. The highest BCUT2D eigenvalue weighted by Crippen LogP contribution is 2.24. The Morgan fingerprint density at radius 3 is 2.88 bits per heavy atom. The van der Waals surface area contributed by atoms with Gasteiger partial charge in [-0.3, -0.25) is 0 Å². The smallest absolute Gasteiger partial charge is 0.187 e. The second kappa shape index (κ2) is 5.29. The highest BCUT2D eigenvalue weighted by Gasteiger charge is 2.03. The molecule has 0 radical (unpaired) electrons. The van der Waals surface area contributed by atoms with E-state index in [-0.39, 0.29) is 0 Å². The van der Waals surface area contributed by atoms with Crippen LogP contribution in [0.1, 0.15) is 16.8 Å². The summed E-state index contributed by atoms with van der Waals surface area (Å²) in [7, 11) is 0. The Bertz CT molecular complexity index is 505. The van der Waals surface area contributed by atoms with Gasteiger partial charge in [0.1, 0.15) is 0 Å². The topological polar surface area (TPSA) is 50.9 Å². The Kier molecular flexibility index (Phi) is 3.76. The van der Waals surface area contributed by atoms with Crippen LogP contribution in [0.2, 0.25) is 0 Å². The maximum Gasteiger partial charge on any atom is 0.187 e. The summed E-state index contributed by atoms with van der Waals surface area (Å²) < 4.78 is 0. The first-order valence-electron chi connectivity index (χ1n) is 5.68. The Hall–Kier alpha value is -1.39. The van der Waals surface area contributed by atoms with Gasteiger partial charge in [-0.05, 0) is 32.0 Å². The first-order chi connectivity index (χ1) is 8.19. The average molecular weight is 247 g/mol. The number of benzene rings is 1. The first-order valence-corrected chi connectivity index (χ1v) is 6.56. The van der Waals surface area contributed by atoms with Gasteiger partial charge in [0.15, 0.2) is 5.13 Å². The van der Waals surface area contributed by atoms with Crippen molar-refractivity contribution in [3.05, 3.63) is 40.4 Å². The van der Waals surface area contributed by atoms with Crippen LogP contribution in [0.25, 0.3) is 0 Å². The van der Waals surface area contributed by atoms with Crippen molar-refractivity contribution >= 4 is 22.2 Å². The molecule has 2 rings (SSSR count). The van der Waals surface area contributed by atoms with Gasteiger partial charge in [-0.15, -0.1) is 11.3 Å². The fourth-order valence-corrected chi connectivity index (χ4v) is 2.45. The van der Waals surface area contributed by atoms with Gasteiger partial charge in [0.25, 0.3) is 0 Å². The fraction of sp³-hybridized carbons (Fsp3) is 0.308. The zero-order valence-corrected chi connectivity index (χ0v) is 11.0. The molecule has 1 aromatic heterocycles. The molecule has 1 aromatic carbocycles. The zero-order valence-electron chi connectivity index (χ0n) is 10.2. The van der Waals surface area contributed by atoms with E-state index in [0.717, 1.165) is 22.9 Å². The van der Waals surface area contributed by atoms with Crippen molar-refractivity contribution in [2.24, 2.45) is 5.73 Å². The Labute approximate surface area is 106 Å². The van der Waals surface area contributed by atoms with Crippen LogP contribution in [0.15, 0.2) is 23.6 Å². The van der Waals surface area contributed by atoms with Gasteiger partial charge in [0.2, 0.25) is 0 Å². The van der Waals surface area contributed by atoms with E-state index < -0.39 is 0 Å². The van der Waals surface area contributed by atoms with E-state index in [1.165, 1.54) is 11.1 Å². The van der Waals surface area contributed by atoms with Gasteiger partial charge >= 0.3 is 0 Å². The molecule has 2 aromatic rings. The molecule has 0 fully saturated rings. The third kappa shape index (κ3) is 3.05. The molecule has 4 heteroatoms. The van der Waals surface area contributed by atoms with Crippen molar-refractivity contribution in [3.8, 4) is 0 Å². The predicted molar refractivity (Wildman–Crippen MR) is 74.1 cm³/mol. The quantitative estimate of drug-likeness (QED) is 0.873. The minimum absolute atomic E-state index is 0.646. The van der Waals surface area contributed by atoms with Crippen LogP contribution in [-0.4, -0.2) is 11.5 Å². The molecule has 1 heterocycles.